The summed E-state index contributed by atoms with van der Waals surface area (Å²) in [6, 6.07) is -0.951. The molecule has 18 heavy (non-hydrogen) atoms. The molecule has 0 saturated carbocycles. The summed E-state index contributed by atoms with van der Waals surface area (Å²) in [4.78, 5) is 26.2. The van der Waals surface area contributed by atoms with Crippen molar-refractivity contribution in [3.63, 3.8) is 0 Å². The number of carbonyl (C=O) groups is 2. The van der Waals surface area contributed by atoms with Crippen molar-refractivity contribution < 1.29 is 19.4 Å². The number of hydrogen-bond acceptors (Lipinski definition) is 4. The standard InChI is InChI=1S/C11H20N2O4S/c1-3-17-6-4-12(2)11(16)13-5-7-18-8-9(13)10(14)15/h9H,3-8H2,1-2H3,(H,14,15). The van der Waals surface area contributed by atoms with Crippen molar-refractivity contribution in [1.82, 2.24) is 9.80 Å². The van der Waals surface area contributed by atoms with Gasteiger partial charge < -0.3 is 19.6 Å². The van der Waals surface area contributed by atoms with E-state index in [1.165, 1.54) is 9.80 Å². The molecule has 1 saturated heterocycles. The van der Waals surface area contributed by atoms with Crippen molar-refractivity contribution >= 4 is 23.8 Å². The normalized spacial score (nSPS) is 19.7. The first-order valence-corrected chi connectivity index (χ1v) is 7.13. The number of rotatable bonds is 5. The highest BCUT2D eigenvalue weighted by atomic mass is 32.2. The quantitative estimate of drug-likeness (QED) is 0.744. The molecule has 1 fully saturated rings. The van der Waals surface area contributed by atoms with E-state index >= 15 is 0 Å². The van der Waals surface area contributed by atoms with Crippen molar-refractivity contribution in [2.24, 2.45) is 0 Å². The van der Waals surface area contributed by atoms with Crippen molar-refractivity contribution in [2.75, 3.05) is 44.9 Å². The zero-order chi connectivity index (χ0) is 13.5. The van der Waals surface area contributed by atoms with Gasteiger partial charge in [-0.25, -0.2) is 9.59 Å². The Hall–Kier alpha value is -0.950. The first-order valence-electron chi connectivity index (χ1n) is 5.98. The number of hydrogen-bond donors (Lipinski definition) is 1. The van der Waals surface area contributed by atoms with E-state index in [0.29, 0.717) is 32.1 Å². The van der Waals surface area contributed by atoms with Crippen LogP contribution in [0.1, 0.15) is 6.92 Å². The van der Waals surface area contributed by atoms with Gasteiger partial charge in [-0.3, -0.25) is 0 Å². The molecule has 1 rings (SSSR count). The van der Waals surface area contributed by atoms with E-state index < -0.39 is 12.0 Å². The summed E-state index contributed by atoms with van der Waals surface area (Å²) in [5.41, 5.74) is 0. The molecule has 0 bridgehead atoms. The van der Waals surface area contributed by atoms with Gasteiger partial charge in [-0.1, -0.05) is 0 Å². The lowest BCUT2D eigenvalue weighted by Gasteiger charge is -2.35. The van der Waals surface area contributed by atoms with Crippen LogP contribution in [0.4, 0.5) is 4.79 Å². The number of likely N-dealkylation sites (N-methyl/N-ethyl adjacent to an activating group) is 1. The molecule has 104 valence electrons. The smallest absolute Gasteiger partial charge is 0.327 e. The Morgan fingerprint density at radius 3 is 2.89 bits per heavy atom. The number of amides is 2. The van der Waals surface area contributed by atoms with Crippen LogP contribution in [0.5, 0.6) is 0 Å². The van der Waals surface area contributed by atoms with Crippen molar-refractivity contribution in [3.05, 3.63) is 0 Å². The highest BCUT2D eigenvalue weighted by molar-refractivity contribution is 7.99. The molecule has 0 aromatic rings. The highest BCUT2D eigenvalue weighted by Gasteiger charge is 2.33. The lowest BCUT2D eigenvalue weighted by atomic mass is 10.3. The number of urea groups is 1. The predicted octanol–water partition coefficient (Wildman–Crippen LogP) is 0.577. The van der Waals surface area contributed by atoms with Gasteiger partial charge in [0.2, 0.25) is 0 Å². The van der Waals surface area contributed by atoms with Gasteiger partial charge >= 0.3 is 12.0 Å². The van der Waals surface area contributed by atoms with Crippen molar-refractivity contribution in [2.45, 2.75) is 13.0 Å². The Bertz CT molecular complexity index is 301. The molecule has 0 aliphatic carbocycles. The molecule has 2 amide bonds. The Labute approximate surface area is 111 Å². The van der Waals surface area contributed by atoms with E-state index in [0.717, 1.165) is 5.75 Å². The summed E-state index contributed by atoms with van der Waals surface area (Å²) in [5, 5.41) is 9.10. The van der Waals surface area contributed by atoms with Crippen LogP contribution >= 0.6 is 11.8 Å². The second-order valence-corrected chi connectivity index (χ2v) is 5.17. The van der Waals surface area contributed by atoms with E-state index in [1.54, 1.807) is 18.8 Å². The molecule has 6 nitrogen and oxygen atoms in total. The summed E-state index contributed by atoms with van der Waals surface area (Å²) >= 11 is 1.57. The molecule has 1 unspecified atom stereocenters. The zero-order valence-corrected chi connectivity index (χ0v) is 11.6. The molecule has 1 N–H and O–H groups in total. The van der Waals surface area contributed by atoms with Crippen LogP contribution in [-0.4, -0.2) is 77.8 Å². The summed E-state index contributed by atoms with van der Waals surface area (Å²) in [7, 11) is 1.67. The molecule has 1 aliphatic rings. The summed E-state index contributed by atoms with van der Waals surface area (Å²) in [6.07, 6.45) is 0. The fourth-order valence-electron chi connectivity index (χ4n) is 1.70. The molecular weight excluding hydrogens is 256 g/mol. The second-order valence-electron chi connectivity index (χ2n) is 4.02. The van der Waals surface area contributed by atoms with Crippen molar-refractivity contribution in [1.29, 1.82) is 0 Å². The van der Waals surface area contributed by atoms with Gasteiger partial charge in [0.25, 0.3) is 0 Å². The van der Waals surface area contributed by atoms with Crippen LogP contribution in [0.25, 0.3) is 0 Å². The third-order valence-electron chi connectivity index (χ3n) is 2.76. The minimum Gasteiger partial charge on any atom is -0.480 e. The van der Waals surface area contributed by atoms with Gasteiger partial charge in [-0.15, -0.1) is 0 Å². The number of ether oxygens (including phenoxy) is 1. The minimum absolute atomic E-state index is 0.234. The first kappa shape index (κ1) is 15.1. The molecule has 0 aromatic heterocycles. The van der Waals surface area contributed by atoms with Crippen LogP contribution in [0.15, 0.2) is 0 Å². The maximum atomic E-state index is 12.1. The number of carbonyl (C=O) groups excluding carboxylic acids is 1. The average molecular weight is 276 g/mol. The first-order chi connectivity index (χ1) is 8.57. The van der Waals surface area contributed by atoms with Crippen LogP contribution < -0.4 is 0 Å². The topological polar surface area (TPSA) is 70.1 Å². The zero-order valence-electron chi connectivity index (χ0n) is 10.8. The SMILES string of the molecule is CCOCCN(C)C(=O)N1CCSCC1C(=O)O. The lowest BCUT2D eigenvalue weighted by Crippen LogP contribution is -2.54. The van der Waals surface area contributed by atoms with E-state index in [1.807, 2.05) is 6.92 Å². The molecule has 7 heteroatoms. The number of aliphatic carboxylic acids is 1. The summed E-state index contributed by atoms with van der Waals surface area (Å²) < 4.78 is 5.18. The van der Waals surface area contributed by atoms with E-state index in [-0.39, 0.29) is 6.03 Å². The third-order valence-corrected chi connectivity index (χ3v) is 3.78. The van der Waals surface area contributed by atoms with Crippen LogP contribution in [0.2, 0.25) is 0 Å². The fraction of sp³-hybridized carbons (Fsp3) is 0.818. The molecule has 1 aliphatic heterocycles. The number of thioether (sulfide) groups is 1. The Balaban J connectivity index is 2.54. The highest BCUT2D eigenvalue weighted by Crippen LogP contribution is 2.18. The number of carboxylic acid groups (broad SMARTS) is 1. The third kappa shape index (κ3) is 4.06. The van der Waals surface area contributed by atoms with Gasteiger partial charge in [-0.05, 0) is 6.92 Å². The second kappa shape index (κ2) is 7.48. The minimum atomic E-state index is -0.936. The molecule has 0 aromatic carbocycles. The largest absolute Gasteiger partial charge is 0.480 e. The van der Waals surface area contributed by atoms with Gasteiger partial charge in [0.05, 0.1) is 6.61 Å². The van der Waals surface area contributed by atoms with E-state index in [4.69, 9.17) is 9.84 Å². The van der Waals surface area contributed by atoms with Gasteiger partial charge in [0, 0.05) is 38.2 Å². The van der Waals surface area contributed by atoms with Gasteiger partial charge in [0.15, 0.2) is 0 Å². The van der Waals surface area contributed by atoms with E-state index in [2.05, 4.69) is 0 Å². The number of nitrogens with zero attached hydrogens (tertiary/aromatic N) is 2. The van der Waals surface area contributed by atoms with Gasteiger partial charge in [0.1, 0.15) is 6.04 Å². The van der Waals surface area contributed by atoms with Crippen molar-refractivity contribution in [3.8, 4) is 0 Å². The van der Waals surface area contributed by atoms with E-state index in [9.17, 15) is 9.59 Å². The molecular formula is C11H20N2O4S. The van der Waals surface area contributed by atoms with Crippen LogP contribution in [0.3, 0.4) is 0 Å². The predicted molar refractivity (Wildman–Crippen MR) is 70.0 cm³/mol. The molecule has 1 heterocycles. The maximum absolute atomic E-state index is 12.1. The number of carboxylic acids is 1. The molecule has 0 spiro atoms. The van der Waals surface area contributed by atoms with Crippen LogP contribution in [0, 0.1) is 0 Å². The lowest BCUT2D eigenvalue weighted by molar-refractivity contribution is -0.141. The average Bonchev–Trinajstić information content (AvgIpc) is 2.38. The maximum Gasteiger partial charge on any atom is 0.327 e. The Morgan fingerprint density at radius 2 is 2.28 bits per heavy atom. The van der Waals surface area contributed by atoms with Crippen LogP contribution in [-0.2, 0) is 9.53 Å². The summed E-state index contributed by atoms with van der Waals surface area (Å²) in [6.45, 7) is 3.94. The summed E-state index contributed by atoms with van der Waals surface area (Å²) in [5.74, 6) is 0.309. The Kier molecular flexibility index (Phi) is 6.28. The monoisotopic (exact) mass is 276 g/mol. The fourth-order valence-corrected chi connectivity index (χ4v) is 2.74. The molecule has 1 atom stereocenters. The molecule has 0 radical (unpaired) electrons. The Morgan fingerprint density at radius 1 is 1.56 bits per heavy atom. The van der Waals surface area contributed by atoms with Gasteiger partial charge in [-0.2, -0.15) is 11.8 Å².